The highest BCUT2D eigenvalue weighted by atomic mass is 16.2. The molecule has 0 saturated heterocycles. The van der Waals surface area contributed by atoms with E-state index in [-0.39, 0.29) is 47.0 Å². The summed E-state index contributed by atoms with van der Waals surface area (Å²) in [6, 6.07) is 20.8. The van der Waals surface area contributed by atoms with Gasteiger partial charge < -0.3 is 27.0 Å². The number of rotatable bonds is 14. The van der Waals surface area contributed by atoms with Gasteiger partial charge in [0.15, 0.2) is 0 Å². The second kappa shape index (κ2) is 14.2. The zero-order valence-corrected chi connectivity index (χ0v) is 23.2. The first-order chi connectivity index (χ1) is 19.9. The maximum atomic E-state index is 13.2. The number of hydrogen-bond acceptors (Lipinski definition) is 5. The Labute approximate surface area is 240 Å². The van der Waals surface area contributed by atoms with Gasteiger partial charge in [0.1, 0.15) is 0 Å². The fourth-order valence-corrected chi connectivity index (χ4v) is 4.51. The Kier molecular flexibility index (Phi) is 10.2. The monoisotopic (exact) mass is 555 g/mol. The number of hydrogen-bond donors (Lipinski definition) is 5. The minimum Gasteiger partial charge on any atom is -0.366 e. The first kappa shape index (κ1) is 29.5. The van der Waals surface area contributed by atoms with Gasteiger partial charge in [-0.25, -0.2) is 0 Å². The second-order valence-electron chi connectivity index (χ2n) is 10.2. The van der Waals surface area contributed by atoms with E-state index in [1.165, 1.54) is 18.9 Å². The molecule has 0 aromatic heterocycles. The summed E-state index contributed by atoms with van der Waals surface area (Å²) < 4.78 is 0. The summed E-state index contributed by atoms with van der Waals surface area (Å²) in [6.07, 6.45) is 2.97. The molecule has 214 valence electrons. The fraction of sp³-hybridized carbons (Fsp3) is 0.312. The van der Waals surface area contributed by atoms with Crippen molar-refractivity contribution in [3.8, 4) is 11.1 Å². The molecule has 41 heavy (non-hydrogen) atoms. The number of primary amides is 1. The van der Waals surface area contributed by atoms with E-state index in [2.05, 4.69) is 21.3 Å². The molecule has 3 aromatic rings. The van der Waals surface area contributed by atoms with Gasteiger partial charge >= 0.3 is 0 Å². The van der Waals surface area contributed by atoms with Crippen LogP contribution in [0.2, 0.25) is 0 Å². The minimum atomic E-state index is -0.608. The van der Waals surface area contributed by atoms with Crippen LogP contribution in [0.15, 0.2) is 72.8 Å². The SMILES string of the molecule is CC[C@H](NCCNC(=O)c1cc(C(=O)NCc2ccccc2)cc(-c2ccccc2C(N)=O)c1)C(=O)NCC1CC1. The van der Waals surface area contributed by atoms with Crippen LogP contribution in [0, 0.1) is 5.92 Å². The topological polar surface area (TPSA) is 142 Å². The lowest BCUT2D eigenvalue weighted by Crippen LogP contribution is -2.46. The van der Waals surface area contributed by atoms with E-state index < -0.39 is 5.91 Å². The van der Waals surface area contributed by atoms with Crippen molar-refractivity contribution in [1.82, 2.24) is 21.3 Å². The third-order valence-corrected chi connectivity index (χ3v) is 7.04. The van der Waals surface area contributed by atoms with Crippen LogP contribution in [-0.2, 0) is 11.3 Å². The Morgan fingerprint density at radius 1 is 0.829 bits per heavy atom. The Morgan fingerprint density at radius 2 is 1.49 bits per heavy atom. The fourth-order valence-electron chi connectivity index (χ4n) is 4.51. The smallest absolute Gasteiger partial charge is 0.251 e. The van der Waals surface area contributed by atoms with Crippen LogP contribution < -0.4 is 27.0 Å². The molecule has 0 aliphatic heterocycles. The van der Waals surface area contributed by atoms with Crippen LogP contribution in [0.4, 0.5) is 0 Å². The van der Waals surface area contributed by atoms with Crippen LogP contribution in [0.25, 0.3) is 11.1 Å². The van der Waals surface area contributed by atoms with Gasteiger partial charge in [-0.05, 0) is 66.1 Å². The molecule has 3 aromatic carbocycles. The molecule has 0 unspecified atom stereocenters. The first-order valence-corrected chi connectivity index (χ1v) is 14.0. The van der Waals surface area contributed by atoms with Crippen molar-refractivity contribution in [3.63, 3.8) is 0 Å². The molecular weight excluding hydrogens is 518 g/mol. The third kappa shape index (κ3) is 8.49. The molecule has 4 amide bonds. The van der Waals surface area contributed by atoms with E-state index >= 15 is 0 Å². The molecule has 9 heteroatoms. The number of amides is 4. The molecule has 0 radical (unpaired) electrons. The normalized spacial score (nSPS) is 13.2. The molecule has 0 heterocycles. The minimum absolute atomic E-state index is 0.0299. The predicted octanol–water partition coefficient (Wildman–Crippen LogP) is 3.01. The third-order valence-electron chi connectivity index (χ3n) is 7.04. The van der Waals surface area contributed by atoms with Gasteiger partial charge in [0.05, 0.1) is 6.04 Å². The molecule has 1 aliphatic rings. The largest absolute Gasteiger partial charge is 0.366 e. The number of nitrogens with one attached hydrogen (secondary N) is 4. The maximum Gasteiger partial charge on any atom is 0.251 e. The zero-order chi connectivity index (χ0) is 29.2. The lowest BCUT2D eigenvalue weighted by molar-refractivity contribution is -0.123. The van der Waals surface area contributed by atoms with Crippen molar-refractivity contribution in [2.24, 2.45) is 11.7 Å². The van der Waals surface area contributed by atoms with Gasteiger partial charge in [-0.15, -0.1) is 0 Å². The highest BCUT2D eigenvalue weighted by molar-refractivity contribution is 6.04. The molecular formula is C32H37N5O4. The van der Waals surface area contributed by atoms with Crippen LogP contribution in [0.1, 0.15) is 62.8 Å². The molecule has 9 nitrogen and oxygen atoms in total. The van der Waals surface area contributed by atoms with E-state index in [1.54, 1.807) is 36.4 Å². The van der Waals surface area contributed by atoms with Crippen molar-refractivity contribution >= 4 is 23.6 Å². The Hall–Kier alpha value is -4.50. The van der Waals surface area contributed by atoms with E-state index in [1.807, 2.05) is 37.3 Å². The molecule has 0 bridgehead atoms. The molecule has 1 fully saturated rings. The zero-order valence-electron chi connectivity index (χ0n) is 23.2. The summed E-state index contributed by atoms with van der Waals surface area (Å²) in [5.41, 5.74) is 8.42. The number of carbonyl (C=O) groups excluding carboxylic acids is 4. The van der Waals surface area contributed by atoms with Crippen molar-refractivity contribution in [1.29, 1.82) is 0 Å². The number of benzene rings is 3. The number of nitrogens with two attached hydrogens (primary N) is 1. The van der Waals surface area contributed by atoms with Crippen LogP contribution in [0.5, 0.6) is 0 Å². The summed E-state index contributed by atoms with van der Waals surface area (Å²) in [5.74, 6) is -0.771. The maximum absolute atomic E-state index is 13.2. The highest BCUT2D eigenvalue weighted by Gasteiger charge is 2.23. The molecule has 0 spiro atoms. The molecule has 4 rings (SSSR count). The summed E-state index contributed by atoms with van der Waals surface area (Å²) >= 11 is 0. The quantitative estimate of drug-likeness (QED) is 0.194. The van der Waals surface area contributed by atoms with E-state index in [0.717, 1.165) is 5.56 Å². The average Bonchev–Trinajstić information content (AvgIpc) is 3.83. The van der Waals surface area contributed by atoms with Crippen LogP contribution in [0.3, 0.4) is 0 Å². The van der Waals surface area contributed by atoms with Crippen LogP contribution >= 0.6 is 0 Å². The van der Waals surface area contributed by atoms with Gasteiger partial charge in [-0.3, -0.25) is 19.2 Å². The number of carbonyl (C=O) groups is 4. The Morgan fingerprint density at radius 3 is 2.15 bits per heavy atom. The lowest BCUT2D eigenvalue weighted by Gasteiger charge is -2.17. The average molecular weight is 556 g/mol. The predicted molar refractivity (Wildman–Crippen MR) is 158 cm³/mol. The summed E-state index contributed by atoms with van der Waals surface area (Å²) in [4.78, 5) is 50.9. The van der Waals surface area contributed by atoms with Gasteiger partial charge in [0.2, 0.25) is 11.8 Å². The van der Waals surface area contributed by atoms with Crippen molar-refractivity contribution in [3.05, 3.63) is 95.1 Å². The highest BCUT2D eigenvalue weighted by Crippen LogP contribution is 2.28. The Bertz CT molecular complexity index is 1390. The Balaban J connectivity index is 1.46. The standard InChI is InChI=1S/C32H37N5O4/c1-2-28(32(41)37-20-22-12-13-22)34-14-15-35-30(39)24-16-23(26-10-6-7-11-27(26)29(33)38)17-25(18-24)31(40)36-19-21-8-4-3-5-9-21/h3-11,16-18,22,28,34H,2,12-15,19-20H2,1H3,(H2,33,38)(H,35,39)(H,36,40)(H,37,41)/t28-/m0/s1. The van der Waals surface area contributed by atoms with Crippen molar-refractivity contribution in [2.75, 3.05) is 19.6 Å². The first-order valence-electron chi connectivity index (χ1n) is 14.0. The van der Waals surface area contributed by atoms with Gasteiger partial charge in [0, 0.05) is 42.9 Å². The van der Waals surface area contributed by atoms with Crippen LogP contribution in [-0.4, -0.2) is 49.3 Å². The van der Waals surface area contributed by atoms with Crippen molar-refractivity contribution < 1.29 is 19.2 Å². The van der Waals surface area contributed by atoms with E-state index in [4.69, 9.17) is 5.73 Å². The van der Waals surface area contributed by atoms with E-state index in [9.17, 15) is 19.2 Å². The summed E-state index contributed by atoms with van der Waals surface area (Å²) in [6.45, 7) is 3.65. The molecule has 1 atom stereocenters. The van der Waals surface area contributed by atoms with Crippen molar-refractivity contribution in [2.45, 2.75) is 38.8 Å². The summed E-state index contributed by atoms with van der Waals surface area (Å²) in [7, 11) is 0. The summed E-state index contributed by atoms with van der Waals surface area (Å²) in [5, 5.41) is 11.9. The molecule has 6 N–H and O–H groups in total. The van der Waals surface area contributed by atoms with E-state index in [0.29, 0.717) is 43.1 Å². The van der Waals surface area contributed by atoms with Gasteiger partial charge in [-0.2, -0.15) is 0 Å². The van der Waals surface area contributed by atoms with Gasteiger partial charge in [0.25, 0.3) is 11.8 Å². The van der Waals surface area contributed by atoms with Gasteiger partial charge in [-0.1, -0.05) is 55.5 Å². The lowest BCUT2D eigenvalue weighted by atomic mass is 9.95. The molecule has 1 aliphatic carbocycles. The second-order valence-corrected chi connectivity index (χ2v) is 10.2. The molecule has 1 saturated carbocycles.